The highest BCUT2D eigenvalue weighted by Crippen LogP contribution is 2.64. The molecule has 6 unspecified atom stereocenters. The monoisotopic (exact) mass is 632 g/mol. The second-order valence-electron chi connectivity index (χ2n) is 10.8. The number of imide groups is 2. The summed E-state index contributed by atoms with van der Waals surface area (Å²) in [7, 11) is 1.38. The smallest absolute Gasteiger partial charge is 0.257 e. The minimum atomic E-state index is -1.36. The van der Waals surface area contributed by atoms with Crippen LogP contribution in [0.25, 0.3) is 0 Å². The molecule has 4 amide bonds. The van der Waals surface area contributed by atoms with Gasteiger partial charge in [0.25, 0.3) is 11.8 Å². The first kappa shape index (κ1) is 26.9. The van der Waals surface area contributed by atoms with Crippen LogP contribution in [0.15, 0.2) is 46.5 Å². The van der Waals surface area contributed by atoms with Crippen molar-refractivity contribution in [2.24, 2.45) is 29.1 Å². The maximum absolute atomic E-state index is 14.3. The van der Waals surface area contributed by atoms with Crippen molar-refractivity contribution >= 4 is 56.8 Å². The summed E-state index contributed by atoms with van der Waals surface area (Å²) in [4.78, 5) is 55.1. The third-order valence-electron chi connectivity index (χ3n) is 9.02. The summed E-state index contributed by atoms with van der Waals surface area (Å²) in [5.74, 6) is -7.22. The van der Waals surface area contributed by atoms with Crippen LogP contribution in [-0.2, 0) is 19.2 Å². The van der Waals surface area contributed by atoms with Gasteiger partial charge in [0, 0.05) is 5.92 Å². The molecule has 3 fully saturated rings. The van der Waals surface area contributed by atoms with Crippen molar-refractivity contribution in [3.63, 3.8) is 0 Å². The normalized spacial score (nSPS) is 31.2. The second-order valence-corrected chi connectivity index (χ2v) is 12.1. The molecule has 0 radical (unpaired) electrons. The van der Waals surface area contributed by atoms with E-state index in [9.17, 15) is 33.9 Å². The van der Waals surface area contributed by atoms with Crippen molar-refractivity contribution in [1.29, 1.82) is 0 Å². The molecule has 0 bridgehead atoms. The van der Waals surface area contributed by atoms with Crippen molar-refractivity contribution in [1.82, 2.24) is 5.06 Å². The fourth-order valence-electron chi connectivity index (χ4n) is 7.17. The second kappa shape index (κ2) is 9.12. The van der Waals surface area contributed by atoms with Crippen LogP contribution < -0.4 is 9.64 Å². The van der Waals surface area contributed by atoms with Gasteiger partial charge in [-0.3, -0.25) is 24.4 Å². The highest BCUT2D eigenvalue weighted by atomic mass is 79.9. The first-order valence-corrected chi connectivity index (χ1v) is 13.7. The van der Waals surface area contributed by atoms with Gasteiger partial charge in [-0.1, -0.05) is 23.3 Å². The molecule has 4 aliphatic rings. The molecule has 1 saturated carbocycles. The molecule has 2 aliphatic carbocycles. The standard InChI is InChI=1S/C28H23BrClFN2O7/c1-28-16(25(36)32(27(28)38)12-3-6-19(31)18(30)9-12)10-15-13(4-5-14-21(15)26(37)33(39)24(14)35)22(28)11-7-17(29)23(34)20(8-11)40-2/h3-4,6-9,14-16,21-22,34,39H,5,10H2,1-2H3. The minimum Gasteiger partial charge on any atom is -0.503 e. The number of carbonyl (C=O) groups excluding carboxylic acids is 4. The van der Waals surface area contributed by atoms with E-state index in [1.807, 2.05) is 6.08 Å². The van der Waals surface area contributed by atoms with Crippen LogP contribution in [0.4, 0.5) is 10.1 Å². The molecule has 6 rings (SSSR count). The Morgan fingerprint density at radius 1 is 1.10 bits per heavy atom. The lowest BCUT2D eigenvalue weighted by Gasteiger charge is -2.49. The fourth-order valence-corrected chi connectivity index (χ4v) is 7.80. The number of hydrogen-bond donors (Lipinski definition) is 2. The first-order chi connectivity index (χ1) is 18.9. The van der Waals surface area contributed by atoms with Gasteiger partial charge in [0.2, 0.25) is 11.8 Å². The van der Waals surface area contributed by atoms with Gasteiger partial charge in [-0.2, -0.15) is 5.06 Å². The first-order valence-electron chi connectivity index (χ1n) is 12.6. The van der Waals surface area contributed by atoms with Gasteiger partial charge in [0.1, 0.15) is 5.82 Å². The summed E-state index contributed by atoms with van der Waals surface area (Å²) < 4.78 is 19.6. The van der Waals surface area contributed by atoms with E-state index in [1.54, 1.807) is 19.1 Å². The third-order valence-corrected chi connectivity index (χ3v) is 9.91. The molecule has 2 heterocycles. The van der Waals surface area contributed by atoms with Crippen molar-refractivity contribution < 1.29 is 38.6 Å². The van der Waals surface area contributed by atoms with E-state index in [-0.39, 0.29) is 40.1 Å². The zero-order chi connectivity index (χ0) is 28.8. The Bertz CT molecular complexity index is 1560. The lowest BCUT2D eigenvalue weighted by molar-refractivity contribution is -0.173. The molecule has 9 nitrogen and oxygen atoms in total. The number of fused-ring (bicyclic) bond motifs is 4. The number of benzene rings is 2. The maximum Gasteiger partial charge on any atom is 0.257 e. The zero-order valence-electron chi connectivity index (χ0n) is 21.2. The van der Waals surface area contributed by atoms with Gasteiger partial charge in [-0.05, 0) is 77.5 Å². The average Bonchev–Trinajstić information content (AvgIpc) is 3.26. The number of aromatic hydroxyl groups is 1. The Hall–Kier alpha value is -3.28. The number of methoxy groups -OCH3 is 1. The van der Waals surface area contributed by atoms with Crippen LogP contribution >= 0.6 is 27.5 Å². The van der Waals surface area contributed by atoms with E-state index in [0.29, 0.717) is 15.6 Å². The van der Waals surface area contributed by atoms with Gasteiger partial charge < -0.3 is 9.84 Å². The van der Waals surface area contributed by atoms with Crippen LogP contribution in [-0.4, -0.2) is 46.1 Å². The zero-order valence-corrected chi connectivity index (χ0v) is 23.6. The van der Waals surface area contributed by atoms with Crippen LogP contribution in [0.2, 0.25) is 5.02 Å². The molecule has 0 aromatic heterocycles. The molecule has 40 heavy (non-hydrogen) atoms. The molecular weight excluding hydrogens is 611 g/mol. The van der Waals surface area contributed by atoms with Crippen molar-refractivity contribution in [3.05, 3.63) is 62.9 Å². The van der Waals surface area contributed by atoms with E-state index in [4.69, 9.17) is 16.3 Å². The predicted molar refractivity (Wildman–Crippen MR) is 142 cm³/mol. The summed E-state index contributed by atoms with van der Waals surface area (Å²) in [6, 6.07) is 6.81. The molecule has 2 N–H and O–H groups in total. The van der Waals surface area contributed by atoms with Gasteiger partial charge in [0.15, 0.2) is 11.5 Å². The van der Waals surface area contributed by atoms with Crippen molar-refractivity contribution in [3.8, 4) is 11.5 Å². The minimum absolute atomic E-state index is 0.0826. The Morgan fingerprint density at radius 2 is 1.82 bits per heavy atom. The summed E-state index contributed by atoms with van der Waals surface area (Å²) in [5.41, 5.74) is -0.0137. The predicted octanol–water partition coefficient (Wildman–Crippen LogP) is 4.58. The number of hydrogen-bond acceptors (Lipinski definition) is 7. The Kier molecular flexibility index (Phi) is 6.14. The van der Waals surface area contributed by atoms with Gasteiger partial charge in [0.05, 0.1) is 45.5 Å². The molecule has 6 atom stereocenters. The number of rotatable bonds is 3. The van der Waals surface area contributed by atoms with Crippen LogP contribution in [0.3, 0.4) is 0 Å². The average molecular weight is 634 g/mol. The highest BCUT2D eigenvalue weighted by Gasteiger charge is 2.67. The van der Waals surface area contributed by atoms with Crippen LogP contribution in [0.5, 0.6) is 11.5 Å². The van der Waals surface area contributed by atoms with Crippen molar-refractivity contribution in [2.45, 2.75) is 25.7 Å². The van der Waals surface area contributed by atoms with E-state index in [1.165, 1.54) is 19.2 Å². The van der Waals surface area contributed by atoms with Crippen molar-refractivity contribution in [2.75, 3.05) is 12.0 Å². The van der Waals surface area contributed by atoms with E-state index in [2.05, 4.69) is 15.9 Å². The Morgan fingerprint density at radius 3 is 2.50 bits per heavy atom. The summed E-state index contributed by atoms with van der Waals surface area (Å²) in [6.45, 7) is 1.68. The van der Waals surface area contributed by atoms with E-state index in [0.717, 1.165) is 11.0 Å². The largest absolute Gasteiger partial charge is 0.503 e. The van der Waals surface area contributed by atoms with E-state index < -0.39 is 64.5 Å². The number of halogens is 3. The molecule has 2 aromatic carbocycles. The molecule has 12 heteroatoms. The number of carbonyl (C=O) groups is 4. The summed E-state index contributed by atoms with van der Waals surface area (Å²) >= 11 is 9.34. The maximum atomic E-state index is 14.3. The van der Waals surface area contributed by atoms with Gasteiger partial charge in [-0.25, -0.2) is 9.29 Å². The number of ether oxygens (including phenoxy) is 1. The molecule has 2 aliphatic heterocycles. The van der Waals surface area contributed by atoms with Crippen LogP contribution in [0, 0.1) is 34.9 Å². The quantitative estimate of drug-likeness (QED) is 0.288. The molecule has 2 aromatic rings. The Labute approximate surface area is 241 Å². The summed E-state index contributed by atoms with van der Waals surface area (Å²) in [5, 5.41) is 20.5. The molecule has 2 saturated heterocycles. The van der Waals surface area contributed by atoms with Gasteiger partial charge in [-0.15, -0.1) is 0 Å². The number of phenolic OH excluding ortho intramolecular Hbond substituents is 1. The lowest BCUT2D eigenvalue weighted by Crippen LogP contribution is -2.48. The number of amides is 4. The third kappa shape index (κ3) is 3.47. The highest BCUT2D eigenvalue weighted by molar-refractivity contribution is 9.10. The number of nitrogens with zero attached hydrogens (tertiary/aromatic N) is 2. The number of phenols is 1. The molecular formula is C28H23BrClFN2O7. The fraction of sp³-hybridized carbons (Fsp3) is 0.357. The topological polar surface area (TPSA) is 124 Å². The molecule has 208 valence electrons. The van der Waals surface area contributed by atoms with E-state index >= 15 is 0 Å². The van der Waals surface area contributed by atoms with Crippen LogP contribution in [0.1, 0.15) is 31.2 Å². The molecule has 0 spiro atoms. The van der Waals surface area contributed by atoms with Gasteiger partial charge >= 0.3 is 0 Å². The number of anilines is 1. The lowest BCUT2D eigenvalue weighted by atomic mass is 9.51. The Balaban J connectivity index is 1.56. The summed E-state index contributed by atoms with van der Waals surface area (Å²) in [6.07, 6.45) is 2.08. The number of allylic oxidation sites excluding steroid dienone is 2. The SMILES string of the molecule is COc1cc(C2C3=CCC4C(=O)N(O)C(=O)C4C3CC3C(=O)N(c4ccc(F)c(Cl)c4)C(=O)C32C)cc(Br)c1O. The number of hydroxylamine groups is 2.